The molecule has 0 aromatic heterocycles. The van der Waals surface area contributed by atoms with Gasteiger partial charge in [-0.25, -0.2) is 8.42 Å². The van der Waals surface area contributed by atoms with Crippen LogP contribution in [0.3, 0.4) is 0 Å². The molecule has 5 nitrogen and oxygen atoms in total. The molecule has 1 heterocycles. The highest BCUT2D eigenvalue weighted by atomic mass is 32.2. The number of nitrogens with one attached hydrogen (secondary N) is 1. The van der Waals surface area contributed by atoms with Gasteiger partial charge in [-0.1, -0.05) is 42.5 Å². The molecule has 150 valence electrons. The van der Waals surface area contributed by atoms with E-state index in [-0.39, 0.29) is 23.3 Å². The lowest BCUT2D eigenvalue weighted by Gasteiger charge is -2.31. The minimum Gasteiger partial charge on any atom is -0.326 e. The normalized spacial score (nSPS) is 17.9. The van der Waals surface area contributed by atoms with Crippen LogP contribution in [-0.4, -0.2) is 31.7 Å². The summed E-state index contributed by atoms with van der Waals surface area (Å²) in [4.78, 5) is 13.0. The molecule has 1 amide bonds. The van der Waals surface area contributed by atoms with Crippen molar-refractivity contribution in [3.05, 3.63) is 72.3 Å². The van der Waals surface area contributed by atoms with Crippen LogP contribution in [-0.2, 0) is 14.8 Å². The van der Waals surface area contributed by atoms with Crippen LogP contribution in [0.4, 0.5) is 5.69 Å². The zero-order valence-corrected chi connectivity index (χ0v) is 17.2. The van der Waals surface area contributed by atoms with Crippen molar-refractivity contribution in [2.75, 3.05) is 18.4 Å². The first-order valence-corrected chi connectivity index (χ1v) is 11.2. The highest BCUT2D eigenvalue weighted by molar-refractivity contribution is 7.89. The minimum absolute atomic E-state index is 0.131. The van der Waals surface area contributed by atoms with Gasteiger partial charge in [0.15, 0.2) is 0 Å². The van der Waals surface area contributed by atoms with Crippen molar-refractivity contribution in [1.82, 2.24) is 4.31 Å². The van der Waals surface area contributed by atoms with Gasteiger partial charge in [0.05, 0.1) is 10.8 Å². The van der Waals surface area contributed by atoms with Crippen molar-refractivity contribution in [2.24, 2.45) is 5.92 Å². The molecular weight excluding hydrogens is 384 g/mol. The summed E-state index contributed by atoms with van der Waals surface area (Å²) in [6.45, 7) is 2.60. The second-order valence-corrected chi connectivity index (χ2v) is 9.51. The van der Waals surface area contributed by atoms with Crippen molar-refractivity contribution in [3.8, 4) is 0 Å². The van der Waals surface area contributed by atoms with Gasteiger partial charge in [-0.05, 0) is 60.4 Å². The lowest BCUT2D eigenvalue weighted by atomic mass is 9.98. The van der Waals surface area contributed by atoms with Crippen LogP contribution < -0.4 is 5.32 Å². The summed E-state index contributed by atoms with van der Waals surface area (Å²) in [5, 5.41) is 4.82. The highest BCUT2D eigenvalue weighted by Gasteiger charge is 2.33. The summed E-state index contributed by atoms with van der Waals surface area (Å²) in [6.07, 6.45) is 1.35. The molecule has 1 fully saturated rings. The Morgan fingerprint density at radius 3 is 2.59 bits per heavy atom. The van der Waals surface area contributed by atoms with E-state index in [9.17, 15) is 13.2 Å². The smallest absolute Gasteiger partial charge is 0.243 e. The first-order valence-electron chi connectivity index (χ1n) is 9.80. The number of piperidine rings is 1. The van der Waals surface area contributed by atoms with Crippen LogP contribution in [0, 0.1) is 12.8 Å². The van der Waals surface area contributed by atoms with Gasteiger partial charge >= 0.3 is 0 Å². The molecule has 3 aromatic rings. The van der Waals surface area contributed by atoms with E-state index in [1.54, 1.807) is 12.1 Å². The number of benzene rings is 3. The maximum atomic E-state index is 13.2. The maximum Gasteiger partial charge on any atom is 0.243 e. The minimum atomic E-state index is -3.65. The molecule has 1 aliphatic rings. The number of hydrogen-bond acceptors (Lipinski definition) is 3. The summed E-state index contributed by atoms with van der Waals surface area (Å²) < 4.78 is 27.8. The largest absolute Gasteiger partial charge is 0.326 e. The fourth-order valence-corrected chi connectivity index (χ4v) is 5.38. The van der Waals surface area contributed by atoms with Gasteiger partial charge in [0, 0.05) is 18.8 Å². The number of anilines is 1. The van der Waals surface area contributed by atoms with E-state index in [4.69, 9.17) is 0 Å². The van der Waals surface area contributed by atoms with Crippen LogP contribution in [0.2, 0.25) is 0 Å². The number of hydrogen-bond donors (Lipinski definition) is 1. The first kappa shape index (κ1) is 19.6. The maximum absolute atomic E-state index is 13.2. The molecule has 6 heteroatoms. The molecule has 0 bridgehead atoms. The van der Waals surface area contributed by atoms with Gasteiger partial charge < -0.3 is 5.32 Å². The molecule has 1 atom stereocenters. The lowest BCUT2D eigenvalue weighted by Crippen LogP contribution is -2.43. The van der Waals surface area contributed by atoms with Crippen LogP contribution >= 0.6 is 0 Å². The Balaban J connectivity index is 1.52. The van der Waals surface area contributed by atoms with Gasteiger partial charge in [0.25, 0.3) is 0 Å². The Morgan fingerprint density at radius 2 is 1.79 bits per heavy atom. The summed E-state index contributed by atoms with van der Waals surface area (Å²) in [6, 6.07) is 20.5. The summed E-state index contributed by atoms with van der Waals surface area (Å²) in [5.74, 6) is -0.492. The van der Waals surface area contributed by atoms with Gasteiger partial charge in [0.1, 0.15) is 0 Å². The zero-order valence-electron chi connectivity index (χ0n) is 16.3. The van der Waals surface area contributed by atoms with Crippen molar-refractivity contribution in [2.45, 2.75) is 24.7 Å². The van der Waals surface area contributed by atoms with Gasteiger partial charge in [-0.2, -0.15) is 4.31 Å². The average Bonchev–Trinajstić information content (AvgIpc) is 2.73. The Bertz CT molecular complexity index is 1160. The van der Waals surface area contributed by atoms with Gasteiger partial charge in [0.2, 0.25) is 15.9 Å². The third-order valence-electron chi connectivity index (χ3n) is 5.40. The summed E-state index contributed by atoms with van der Waals surface area (Å²) >= 11 is 0. The Hall–Kier alpha value is -2.70. The fourth-order valence-electron chi connectivity index (χ4n) is 3.82. The number of fused-ring (bicyclic) bond motifs is 1. The molecule has 0 radical (unpaired) electrons. The Labute approximate surface area is 171 Å². The molecule has 1 saturated heterocycles. The van der Waals surface area contributed by atoms with E-state index < -0.39 is 10.0 Å². The van der Waals surface area contributed by atoms with E-state index in [1.165, 1.54) is 4.31 Å². The fraction of sp³-hybridized carbons (Fsp3) is 0.261. The standard InChI is InChI=1S/C23H24N2O3S/c1-17-6-4-10-21(14-17)24-23(26)20-9-5-13-25(16-20)29(27,28)22-12-11-18-7-2-3-8-19(18)15-22/h2-4,6-8,10-12,14-15,20H,5,9,13,16H2,1H3,(H,24,26)/t20-/m0/s1. The van der Waals surface area contributed by atoms with Crippen molar-refractivity contribution >= 4 is 32.4 Å². The van der Waals surface area contributed by atoms with E-state index >= 15 is 0 Å². The number of nitrogens with zero attached hydrogens (tertiary/aromatic N) is 1. The first-order chi connectivity index (χ1) is 13.9. The second kappa shape index (κ2) is 7.97. The lowest BCUT2D eigenvalue weighted by molar-refractivity contribution is -0.120. The molecule has 4 rings (SSSR count). The molecule has 29 heavy (non-hydrogen) atoms. The average molecular weight is 409 g/mol. The predicted molar refractivity (Wildman–Crippen MR) is 115 cm³/mol. The van der Waals surface area contributed by atoms with Crippen LogP contribution in [0.5, 0.6) is 0 Å². The SMILES string of the molecule is Cc1cccc(NC(=O)[C@H]2CCCN(S(=O)(=O)c3ccc4ccccc4c3)C2)c1. The van der Waals surface area contributed by atoms with E-state index in [2.05, 4.69) is 5.32 Å². The third-order valence-corrected chi connectivity index (χ3v) is 7.26. The van der Waals surface area contributed by atoms with Crippen LogP contribution in [0.1, 0.15) is 18.4 Å². The van der Waals surface area contributed by atoms with E-state index in [1.807, 2.05) is 61.5 Å². The molecule has 1 N–H and O–H groups in total. The van der Waals surface area contributed by atoms with Crippen LogP contribution in [0.15, 0.2) is 71.6 Å². The molecule has 0 saturated carbocycles. The van der Waals surface area contributed by atoms with Crippen LogP contribution in [0.25, 0.3) is 10.8 Å². The number of sulfonamides is 1. The van der Waals surface area contributed by atoms with Crippen molar-refractivity contribution < 1.29 is 13.2 Å². The summed E-state index contributed by atoms with van der Waals surface area (Å²) in [7, 11) is -3.65. The quantitative estimate of drug-likeness (QED) is 0.704. The number of carbonyl (C=O) groups excluding carboxylic acids is 1. The van der Waals surface area contributed by atoms with E-state index in [0.29, 0.717) is 19.4 Å². The highest BCUT2D eigenvalue weighted by Crippen LogP contribution is 2.27. The number of amides is 1. The zero-order chi connectivity index (χ0) is 20.4. The predicted octanol–water partition coefficient (Wildman–Crippen LogP) is 4.19. The summed E-state index contributed by atoms with van der Waals surface area (Å²) in [5.41, 5.74) is 1.80. The monoisotopic (exact) mass is 408 g/mol. The molecule has 0 aliphatic carbocycles. The Morgan fingerprint density at radius 1 is 1.00 bits per heavy atom. The molecular formula is C23H24N2O3S. The third kappa shape index (κ3) is 4.18. The molecule has 0 spiro atoms. The van der Waals surface area contributed by atoms with E-state index in [0.717, 1.165) is 22.0 Å². The second-order valence-electron chi connectivity index (χ2n) is 7.57. The molecule has 0 unspecified atom stereocenters. The Kier molecular flexibility index (Phi) is 5.39. The van der Waals surface area contributed by atoms with Crippen molar-refractivity contribution in [1.29, 1.82) is 0 Å². The number of aryl methyl sites for hydroxylation is 1. The molecule has 1 aliphatic heterocycles. The number of rotatable bonds is 4. The van der Waals surface area contributed by atoms with Gasteiger partial charge in [-0.15, -0.1) is 0 Å². The van der Waals surface area contributed by atoms with Gasteiger partial charge in [-0.3, -0.25) is 4.79 Å². The topological polar surface area (TPSA) is 66.5 Å². The number of carbonyl (C=O) groups is 1. The molecule has 3 aromatic carbocycles. The van der Waals surface area contributed by atoms with Crippen molar-refractivity contribution in [3.63, 3.8) is 0 Å².